The van der Waals surface area contributed by atoms with Crippen molar-refractivity contribution in [3.63, 3.8) is 0 Å². The summed E-state index contributed by atoms with van der Waals surface area (Å²) in [6.45, 7) is 4.38. The number of rotatable bonds is 4. The lowest BCUT2D eigenvalue weighted by Gasteiger charge is -2.25. The molecule has 102 valence electrons. The van der Waals surface area contributed by atoms with Crippen LogP contribution in [0.25, 0.3) is 0 Å². The standard InChI is InChI=1S/C15H20N2OS/c1-3-11-9-16-15(19-11)10(2)17-13-5-4-6-14-12(13)7-8-18-14/h7-10,13,17H,3-6H2,1-2H3/t10-,13+/m0/s1. The number of furan rings is 1. The lowest BCUT2D eigenvalue weighted by molar-refractivity contribution is 0.385. The fourth-order valence-electron chi connectivity index (χ4n) is 2.72. The Morgan fingerprint density at radius 3 is 3.26 bits per heavy atom. The SMILES string of the molecule is CCc1cnc([C@H](C)N[C@@H]2CCCc3occc32)s1. The van der Waals surface area contributed by atoms with E-state index in [0.717, 1.165) is 18.6 Å². The van der Waals surface area contributed by atoms with Crippen LogP contribution < -0.4 is 5.32 Å². The highest BCUT2D eigenvalue weighted by Crippen LogP contribution is 2.33. The molecule has 19 heavy (non-hydrogen) atoms. The van der Waals surface area contributed by atoms with E-state index in [1.807, 2.05) is 23.8 Å². The van der Waals surface area contributed by atoms with Crippen LogP contribution in [0.1, 0.15) is 60.0 Å². The zero-order valence-corrected chi connectivity index (χ0v) is 12.3. The Hall–Kier alpha value is -1.13. The fourth-order valence-corrected chi connectivity index (χ4v) is 3.59. The van der Waals surface area contributed by atoms with Crippen LogP contribution in [0.4, 0.5) is 0 Å². The number of thiazole rings is 1. The molecule has 0 saturated heterocycles. The highest BCUT2D eigenvalue weighted by Gasteiger charge is 2.24. The van der Waals surface area contributed by atoms with E-state index >= 15 is 0 Å². The monoisotopic (exact) mass is 276 g/mol. The fraction of sp³-hybridized carbons (Fsp3) is 0.533. The van der Waals surface area contributed by atoms with E-state index in [1.165, 1.54) is 28.3 Å². The van der Waals surface area contributed by atoms with Crippen LogP contribution in [-0.4, -0.2) is 4.98 Å². The molecule has 0 spiro atoms. The quantitative estimate of drug-likeness (QED) is 0.916. The summed E-state index contributed by atoms with van der Waals surface area (Å²) in [6, 6.07) is 2.82. The highest BCUT2D eigenvalue weighted by molar-refractivity contribution is 7.11. The van der Waals surface area contributed by atoms with Crippen LogP contribution in [0.2, 0.25) is 0 Å². The molecule has 0 radical (unpaired) electrons. The Kier molecular flexibility index (Phi) is 3.71. The van der Waals surface area contributed by atoms with Crippen LogP contribution >= 0.6 is 11.3 Å². The summed E-state index contributed by atoms with van der Waals surface area (Å²) in [6.07, 6.45) is 8.34. The third-order valence-corrected chi connectivity index (χ3v) is 5.12. The average molecular weight is 276 g/mol. The van der Waals surface area contributed by atoms with Gasteiger partial charge < -0.3 is 9.73 Å². The molecule has 0 unspecified atom stereocenters. The van der Waals surface area contributed by atoms with Crippen molar-refractivity contribution in [1.82, 2.24) is 10.3 Å². The Morgan fingerprint density at radius 2 is 2.47 bits per heavy atom. The molecule has 0 aliphatic heterocycles. The predicted octanol–water partition coefficient (Wildman–Crippen LogP) is 4.03. The molecule has 2 heterocycles. The topological polar surface area (TPSA) is 38.1 Å². The summed E-state index contributed by atoms with van der Waals surface area (Å²) < 4.78 is 5.54. The summed E-state index contributed by atoms with van der Waals surface area (Å²) in [7, 11) is 0. The van der Waals surface area contributed by atoms with Crippen molar-refractivity contribution in [3.8, 4) is 0 Å². The summed E-state index contributed by atoms with van der Waals surface area (Å²) >= 11 is 1.82. The smallest absolute Gasteiger partial charge is 0.109 e. The second kappa shape index (κ2) is 5.47. The first kappa shape index (κ1) is 12.9. The Labute approximate surface area is 118 Å². The van der Waals surface area contributed by atoms with E-state index in [1.54, 1.807) is 0 Å². The number of aryl methyl sites for hydroxylation is 2. The van der Waals surface area contributed by atoms with Crippen molar-refractivity contribution in [3.05, 3.63) is 39.7 Å². The third kappa shape index (κ3) is 2.60. The zero-order valence-electron chi connectivity index (χ0n) is 11.5. The molecule has 3 nitrogen and oxygen atoms in total. The largest absolute Gasteiger partial charge is 0.469 e. The van der Waals surface area contributed by atoms with Crippen molar-refractivity contribution in [2.24, 2.45) is 0 Å². The summed E-state index contributed by atoms with van der Waals surface area (Å²) in [5.74, 6) is 1.16. The van der Waals surface area contributed by atoms with Crippen molar-refractivity contribution < 1.29 is 4.42 Å². The van der Waals surface area contributed by atoms with Gasteiger partial charge in [-0.25, -0.2) is 4.98 Å². The molecule has 3 rings (SSSR count). The number of nitrogens with one attached hydrogen (secondary N) is 1. The Balaban J connectivity index is 1.72. The van der Waals surface area contributed by atoms with Gasteiger partial charge in [-0.1, -0.05) is 6.92 Å². The Morgan fingerprint density at radius 1 is 1.58 bits per heavy atom. The molecule has 0 amide bonds. The second-order valence-corrected chi connectivity index (χ2v) is 6.30. The molecule has 0 aromatic carbocycles. The van der Waals surface area contributed by atoms with Crippen molar-refractivity contribution >= 4 is 11.3 Å². The number of fused-ring (bicyclic) bond motifs is 1. The highest BCUT2D eigenvalue weighted by atomic mass is 32.1. The van der Waals surface area contributed by atoms with Gasteiger partial charge in [-0.05, 0) is 32.3 Å². The lowest BCUT2D eigenvalue weighted by atomic mass is 9.93. The van der Waals surface area contributed by atoms with Crippen LogP contribution in [0, 0.1) is 0 Å². The van der Waals surface area contributed by atoms with Gasteiger partial charge >= 0.3 is 0 Å². The van der Waals surface area contributed by atoms with E-state index in [9.17, 15) is 0 Å². The predicted molar refractivity (Wildman–Crippen MR) is 77.4 cm³/mol. The number of nitrogens with zero attached hydrogens (tertiary/aromatic N) is 1. The van der Waals surface area contributed by atoms with Gasteiger partial charge in [0.15, 0.2) is 0 Å². The molecular weight excluding hydrogens is 256 g/mol. The molecule has 1 N–H and O–H groups in total. The van der Waals surface area contributed by atoms with Gasteiger partial charge in [-0.2, -0.15) is 0 Å². The van der Waals surface area contributed by atoms with E-state index in [4.69, 9.17) is 4.42 Å². The van der Waals surface area contributed by atoms with E-state index in [2.05, 4.69) is 30.2 Å². The molecule has 1 aliphatic carbocycles. The minimum Gasteiger partial charge on any atom is -0.469 e. The number of aromatic nitrogens is 1. The van der Waals surface area contributed by atoms with E-state index < -0.39 is 0 Å². The molecule has 4 heteroatoms. The molecule has 0 saturated carbocycles. The summed E-state index contributed by atoms with van der Waals surface area (Å²) in [5.41, 5.74) is 1.34. The minimum atomic E-state index is 0.302. The van der Waals surface area contributed by atoms with Crippen molar-refractivity contribution in [2.45, 2.75) is 51.6 Å². The van der Waals surface area contributed by atoms with Crippen molar-refractivity contribution in [1.29, 1.82) is 0 Å². The van der Waals surface area contributed by atoms with Gasteiger partial charge in [-0.15, -0.1) is 11.3 Å². The normalized spacial score (nSPS) is 20.2. The van der Waals surface area contributed by atoms with Gasteiger partial charge in [-0.3, -0.25) is 0 Å². The first-order valence-electron chi connectivity index (χ1n) is 7.05. The van der Waals surface area contributed by atoms with Crippen molar-refractivity contribution in [2.75, 3.05) is 0 Å². The van der Waals surface area contributed by atoms with Crippen LogP contribution in [0.15, 0.2) is 22.9 Å². The minimum absolute atomic E-state index is 0.302. The maximum Gasteiger partial charge on any atom is 0.109 e. The molecule has 0 fully saturated rings. The summed E-state index contributed by atoms with van der Waals surface area (Å²) in [4.78, 5) is 5.89. The average Bonchev–Trinajstić information content (AvgIpc) is 3.08. The molecular formula is C15H20N2OS. The summed E-state index contributed by atoms with van der Waals surface area (Å²) in [5, 5.41) is 4.89. The van der Waals surface area contributed by atoms with Gasteiger partial charge in [0.2, 0.25) is 0 Å². The number of hydrogen-bond acceptors (Lipinski definition) is 4. The second-order valence-electron chi connectivity index (χ2n) is 5.15. The third-order valence-electron chi connectivity index (χ3n) is 3.79. The van der Waals surface area contributed by atoms with Gasteiger partial charge in [0, 0.05) is 29.1 Å². The molecule has 1 aliphatic rings. The number of hydrogen-bond donors (Lipinski definition) is 1. The van der Waals surface area contributed by atoms with E-state index in [0.29, 0.717) is 12.1 Å². The van der Waals surface area contributed by atoms with Gasteiger partial charge in [0.25, 0.3) is 0 Å². The molecule has 0 bridgehead atoms. The van der Waals surface area contributed by atoms with Gasteiger partial charge in [0.1, 0.15) is 10.8 Å². The van der Waals surface area contributed by atoms with Gasteiger partial charge in [0.05, 0.1) is 12.3 Å². The van der Waals surface area contributed by atoms with E-state index in [-0.39, 0.29) is 0 Å². The molecule has 2 aromatic rings. The maximum absolute atomic E-state index is 5.54. The van der Waals surface area contributed by atoms with Crippen LogP contribution in [0.5, 0.6) is 0 Å². The first-order valence-corrected chi connectivity index (χ1v) is 7.86. The van der Waals surface area contributed by atoms with Crippen LogP contribution in [-0.2, 0) is 12.8 Å². The molecule has 2 aromatic heterocycles. The lowest BCUT2D eigenvalue weighted by Crippen LogP contribution is -2.27. The first-order chi connectivity index (χ1) is 9.28. The Bertz CT molecular complexity index is 546. The zero-order chi connectivity index (χ0) is 13.2. The maximum atomic E-state index is 5.54. The van der Waals surface area contributed by atoms with Crippen LogP contribution in [0.3, 0.4) is 0 Å². The molecule has 2 atom stereocenters.